The quantitative estimate of drug-likeness (QED) is 0.934. The van der Waals surface area contributed by atoms with Gasteiger partial charge in [-0.25, -0.2) is 0 Å². The summed E-state index contributed by atoms with van der Waals surface area (Å²) in [6.07, 6.45) is 0. The zero-order chi connectivity index (χ0) is 14.7. The Kier molecular flexibility index (Phi) is 4.45. The number of carbonyl (C=O) groups excluding carboxylic acids is 1. The maximum absolute atomic E-state index is 12.5. The number of thiophene rings is 1. The van der Waals surface area contributed by atoms with E-state index in [-0.39, 0.29) is 5.91 Å². The first-order valence-corrected chi connectivity index (χ1v) is 7.54. The average molecular weight is 288 g/mol. The zero-order valence-electron chi connectivity index (χ0n) is 12.1. The van der Waals surface area contributed by atoms with Gasteiger partial charge in [0.1, 0.15) is 0 Å². The number of amides is 1. The van der Waals surface area contributed by atoms with E-state index in [1.54, 1.807) is 6.07 Å². The number of nitrogens with zero attached hydrogens (tertiary/aromatic N) is 1. The molecule has 0 aliphatic carbocycles. The highest BCUT2D eigenvalue weighted by atomic mass is 32.1. The maximum Gasteiger partial charge on any atom is 0.264 e. The van der Waals surface area contributed by atoms with Gasteiger partial charge in [-0.05, 0) is 38.0 Å². The highest BCUT2D eigenvalue weighted by Crippen LogP contribution is 2.25. The molecule has 2 rings (SSSR count). The molecule has 0 spiro atoms. The maximum atomic E-state index is 12.5. The number of nitrogens with two attached hydrogens (primary N) is 1. The molecule has 0 fully saturated rings. The summed E-state index contributed by atoms with van der Waals surface area (Å²) in [5.74, 6) is 0.0561. The first-order chi connectivity index (χ1) is 9.52. The van der Waals surface area contributed by atoms with Crippen LogP contribution in [0.25, 0.3) is 0 Å². The van der Waals surface area contributed by atoms with Gasteiger partial charge in [0.15, 0.2) is 0 Å². The Labute approximate surface area is 124 Å². The number of aryl methyl sites for hydroxylation is 2. The van der Waals surface area contributed by atoms with Crippen LogP contribution in [0, 0.1) is 13.8 Å². The standard InChI is InChI=1S/C16H20N2OS/c1-4-18(10-13-8-6-5-7-11(13)2)16(19)15-9-14(17)12(3)20-15/h5-9H,4,10,17H2,1-3H3. The van der Waals surface area contributed by atoms with Crippen LogP contribution in [0.2, 0.25) is 0 Å². The van der Waals surface area contributed by atoms with Gasteiger partial charge in [-0.1, -0.05) is 24.3 Å². The molecule has 1 aromatic carbocycles. The van der Waals surface area contributed by atoms with E-state index in [9.17, 15) is 4.79 Å². The summed E-state index contributed by atoms with van der Waals surface area (Å²) in [6, 6.07) is 9.94. The molecule has 1 aromatic heterocycles. The average Bonchev–Trinajstić information content (AvgIpc) is 2.77. The van der Waals surface area contributed by atoms with Gasteiger partial charge in [0, 0.05) is 23.7 Å². The molecular weight excluding hydrogens is 268 g/mol. The molecular formula is C16H20N2OS. The topological polar surface area (TPSA) is 46.3 Å². The van der Waals surface area contributed by atoms with E-state index in [0.717, 1.165) is 9.75 Å². The van der Waals surface area contributed by atoms with Crippen molar-refractivity contribution in [1.29, 1.82) is 0 Å². The predicted molar refractivity (Wildman–Crippen MR) is 85.1 cm³/mol. The molecule has 0 saturated heterocycles. The lowest BCUT2D eigenvalue weighted by Gasteiger charge is -2.21. The number of carbonyl (C=O) groups is 1. The van der Waals surface area contributed by atoms with E-state index in [1.165, 1.54) is 22.5 Å². The number of hydrogen-bond donors (Lipinski definition) is 1. The van der Waals surface area contributed by atoms with E-state index in [0.29, 0.717) is 18.8 Å². The Bertz CT molecular complexity index is 599. The van der Waals surface area contributed by atoms with E-state index < -0.39 is 0 Å². The van der Waals surface area contributed by atoms with Crippen LogP contribution < -0.4 is 5.73 Å². The molecule has 1 amide bonds. The van der Waals surface area contributed by atoms with Crippen LogP contribution in [0.4, 0.5) is 5.69 Å². The minimum absolute atomic E-state index is 0.0561. The summed E-state index contributed by atoms with van der Waals surface area (Å²) in [6.45, 7) is 7.33. The summed E-state index contributed by atoms with van der Waals surface area (Å²) >= 11 is 1.46. The van der Waals surface area contributed by atoms with Crippen molar-refractivity contribution in [3.63, 3.8) is 0 Å². The Balaban J connectivity index is 2.20. The van der Waals surface area contributed by atoms with Gasteiger partial charge in [0.2, 0.25) is 0 Å². The Morgan fingerprint density at radius 1 is 1.30 bits per heavy atom. The number of rotatable bonds is 4. The lowest BCUT2D eigenvalue weighted by molar-refractivity contribution is 0.0757. The van der Waals surface area contributed by atoms with Crippen molar-refractivity contribution < 1.29 is 4.79 Å². The van der Waals surface area contributed by atoms with Gasteiger partial charge >= 0.3 is 0 Å². The smallest absolute Gasteiger partial charge is 0.264 e. The second kappa shape index (κ2) is 6.09. The summed E-state index contributed by atoms with van der Waals surface area (Å²) in [5, 5.41) is 0. The molecule has 0 atom stereocenters. The number of benzene rings is 1. The largest absolute Gasteiger partial charge is 0.398 e. The molecule has 0 aliphatic heterocycles. The Morgan fingerprint density at radius 3 is 2.55 bits per heavy atom. The fraction of sp³-hybridized carbons (Fsp3) is 0.312. The minimum atomic E-state index is 0.0561. The summed E-state index contributed by atoms with van der Waals surface area (Å²) < 4.78 is 0. The van der Waals surface area contributed by atoms with Gasteiger partial charge < -0.3 is 10.6 Å². The van der Waals surface area contributed by atoms with Crippen molar-refractivity contribution in [2.45, 2.75) is 27.3 Å². The molecule has 0 radical (unpaired) electrons. The molecule has 0 unspecified atom stereocenters. The molecule has 4 heteroatoms. The molecule has 1 heterocycles. The third-order valence-electron chi connectivity index (χ3n) is 3.46. The SMILES string of the molecule is CCN(Cc1ccccc1C)C(=O)c1cc(N)c(C)s1. The number of anilines is 1. The van der Waals surface area contributed by atoms with Crippen molar-refractivity contribution in [2.24, 2.45) is 0 Å². The second-order valence-electron chi connectivity index (χ2n) is 4.87. The summed E-state index contributed by atoms with van der Waals surface area (Å²) in [5.41, 5.74) is 8.93. The van der Waals surface area contributed by atoms with Gasteiger partial charge in [0.25, 0.3) is 5.91 Å². The van der Waals surface area contributed by atoms with Crippen LogP contribution in [0.1, 0.15) is 32.6 Å². The number of hydrogen-bond acceptors (Lipinski definition) is 3. The lowest BCUT2D eigenvalue weighted by atomic mass is 10.1. The Morgan fingerprint density at radius 2 is 2.00 bits per heavy atom. The van der Waals surface area contributed by atoms with Crippen molar-refractivity contribution in [1.82, 2.24) is 4.90 Å². The second-order valence-corrected chi connectivity index (χ2v) is 6.12. The molecule has 20 heavy (non-hydrogen) atoms. The zero-order valence-corrected chi connectivity index (χ0v) is 13.0. The van der Waals surface area contributed by atoms with E-state index in [1.807, 2.05) is 30.9 Å². The van der Waals surface area contributed by atoms with Crippen LogP contribution in [0.5, 0.6) is 0 Å². The van der Waals surface area contributed by atoms with Gasteiger partial charge in [0.05, 0.1) is 4.88 Å². The highest BCUT2D eigenvalue weighted by Gasteiger charge is 2.18. The van der Waals surface area contributed by atoms with Gasteiger partial charge in [-0.15, -0.1) is 11.3 Å². The fourth-order valence-corrected chi connectivity index (χ4v) is 2.99. The minimum Gasteiger partial charge on any atom is -0.398 e. The monoisotopic (exact) mass is 288 g/mol. The first-order valence-electron chi connectivity index (χ1n) is 6.72. The third kappa shape index (κ3) is 3.02. The van der Waals surface area contributed by atoms with E-state index >= 15 is 0 Å². The molecule has 3 nitrogen and oxygen atoms in total. The van der Waals surface area contributed by atoms with Gasteiger partial charge in [-0.2, -0.15) is 0 Å². The molecule has 0 bridgehead atoms. The Hall–Kier alpha value is -1.81. The molecule has 2 N–H and O–H groups in total. The fourth-order valence-electron chi connectivity index (χ4n) is 2.08. The first kappa shape index (κ1) is 14.6. The summed E-state index contributed by atoms with van der Waals surface area (Å²) in [4.78, 5) is 16.1. The molecule has 0 saturated carbocycles. The van der Waals surface area contributed by atoms with E-state index in [4.69, 9.17) is 5.73 Å². The van der Waals surface area contributed by atoms with Crippen LogP contribution >= 0.6 is 11.3 Å². The molecule has 2 aromatic rings. The molecule has 0 aliphatic rings. The van der Waals surface area contributed by atoms with Crippen molar-refractivity contribution in [2.75, 3.05) is 12.3 Å². The molecule has 106 valence electrons. The predicted octanol–water partition coefficient (Wildman–Crippen LogP) is 3.61. The normalized spacial score (nSPS) is 10.6. The summed E-state index contributed by atoms with van der Waals surface area (Å²) in [7, 11) is 0. The van der Waals surface area contributed by atoms with Crippen molar-refractivity contribution in [3.05, 3.63) is 51.2 Å². The number of nitrogen functional groups attached to an aromatic ring is 1. The van der Waals surface area contributed by atoms with Crippen LogP contribution in [-0.4, -0.2) is 17.4 Å². The van der Waals surface area contributed by atoms with Crippen LogP contribution in [0.15, 0.2) is 30.3 Å². The highest BCUT2D eigenvalue weighted by molar-refractivity contribution is 7.14. The van der Waals surface area contributed by atoms with E-state index in [2.05, 4.69) is 19.1 Å². The lowest BCUT2D eigenvalue weighted by Crippen LogP contribution is -2.30. The third-order valence-corrected chi connectivity index (χ3v) is 4.51. The van der Waals surface area contributed by atoms with Crippen molar-refractivity contribution in [3.8, 4) is 0 Å². The van der Waals surface area contributed by atoms with Gasteiger partial charge in [-0.3, -0.25) is 4.79 Å². The van der Waals surface area contributed by atoms with Crippen LogP contribution in [-0.2, 0) is 6.54 Å². The van der Waals surface area contributed by atoms with Crippen molar-refractivity contribution >= 4 is 22.9 Å². The van der Waals surface area contributed by atoms with Crippen LogP contribution in [0.3, 0.4) is 0 Å².